The van der Waals surface area contributed by atoms with Gasteiger partial charge < -0.3 is 14.2 Å². The molecule has 0 aliphatic carbocycles. The second-order valence-corrected chi connectivity index (χ2v) is 7.32. The van der Waals surface area contributed by atoms with Crippen LogP contribution in [0.2, 0.25) is 0 Å². The molecule has 3 aromatic rings. The number of carbonyl (C=O) groups is 2. The molecule has 0 aliphatic heterocycles. The summed E-state index contributed by atoms with van der Waals surface area (Å²) in [5, 5.41) is 0. The van der Waals surface area contributed by atoms with Crippen molar-refractivity contribution in [1.29, 1.82) is 0 Å². The second-order valence-electron chi connectivity index (χ2n) is 7.32. The van der Waals surface area contributed by atoms with Crippen molar-refractivity contribution < 1.29 is 18.4 Å². The van der Waals surface area contributed by atoms with Crippen molar-refractivity contribution in [3.05, 3.63) is 95.7 Å². The fourth-order valence-corrected chi connectivity index (χ4v) is 3.15. The Labute approximate surface area is 175 Å². The number of nitrogens with zero attached hydrogens (tertiary/aromatic N) is 2. The van der Waals surface area contributed by atoms with E-state index in [1.807, 2.05) is 30.3 Å². The van der Waals surface area contributed by atoms with Crippen molar-refractivity contribution in [3.63, 3.8) is 0 Å². The van der Waals surface area contributed by atoms with Gasteiger partial charge in [-0.05, 0) is 43.7 Å². The molecule has 1 heterocycles. The Morgan fingerprint density at radius 2 is 1.63 bits per heavy atom. The van der Waals surface area contributed by atoms with Crippen molar-refractivity contribution in [1.82, 2.24) is 9.80 Å². The number of halogens is 1. The van der Waals surface area contributed by atoms with E-state index >= 15 is 0 Å². The summed E-state index contributed by atoms with van der Waals surface area (Å²) >= 11 is 0. The third-order valence-electron chi connectivity index (χ3n) is 4.79. The minimum absolute atomic E-state index is 0.0420. The third kappa shape index (κ3) is 5.35. The first-order chi connectivity index (χ1) is 14.5. The normalized spacial score (nSPS) is 10.8. The van der Waals surface area contributed by atoms with Crippen LogP contribution in [-0.2, 0) is 17.9 Å². The highest BCUT2D eigenvalue weighted by Gasteiger charge is 2.26. The van der Waals surface area contributed by atoms with Crippen LogP contribution >= 0.6 is 0 Å². The predicted octanol–water partition coefficient (Wildman–Crippen LogP) is 4.50. The van der Waals surface area contributed by atoms with Gasteiger partial charge in [-0.15, -0.1) is 0 Å². The summed E-state index contributed by atoms with van der Waals surface area (Å²) in [6.07, 6.45) is 1.56. The van der Waals surface area contributed by atoms with Crippen molar-refractivity contribution in [2.45, 2.75) is 33.0 Å². The van der Waals surface area contributed by atoms with Gasteiger partial charge >= 0.3 is 0 Å². The Kier molecular flexibility index (Phi) is 7.01. The fraction of sp³-hybridized carbons (Fsp3) is 0.250. The van der Waals surface area contributed by atoms with Crippen molar-refractivity contribution >= 4 is 11.8 Å². The Balaban J connectivity index is 1.81. The molecule has 0 radical (unpaired) electrons. The van der Waals surface area contributed by atoms with Crippen LogP contribution in [0.15, 0.2) is 77.4 Å². The van der Waals surface area contributed by atoms with E-state index in [4.69, 9.17) is 4.42 Å². The Bertz CT molecular complexity index is 971. The van der Waals surface area contributed by atoms with Crippen LogP contribution in [0.3, 0.4) is 0 Å². The molecule has 2 amide bonds. The maximum absolute atomic E-state index is 14.1. The van der Waals surface area contributed by atoms with Gasteiger partial charge in [-0.2, -0.15) is 0 Å². The van der Waals surface area contributed by atoms with E-state index in [-0.39, 0.29) is 30.6 Å². The van der Waals surface area contributed by atoms with E-state index in [1.165, 1.54) is 23.1 Å². The van der Waals surface area contributed by atoms with Crippen LogP contribution in [-0.4, -0.2) is 34.2 Å². The lowest BCUT2D eigenvalue weighted by molar-refractivity contribution is -0.133. The molecular weight excluding hydrogens is 383 g/mol. The molecule has 0 unspecified atom stereocenters. The van der Waals surface area contributed by atoms with Crippen LogP contribution in [0.25, 0.3) is 0 Å². The highest BCUT2D eigenvalue weighted by molar-refractivity contribution is 5.97. The zero-order chi connectivity index (χ0) is 21.5. The van der Waals surface area contributed by atoms with E-state index in [9.17, 15) is 14.0 Å². The summed E-state index contributed by atoms with van der Waals surface area (Å²) < 4.78 is 19.6. The van der Waals surface area contributed by atoms with Crippen LogP contribution in [0.4, 0.5) is 4.39 Å². The summed E-state index contributed by atoms with van der Waals surface area (Å²) in [5.74, 6) is -0.698. The molecule has 2 aromatic carbocycles. The van der Waals surface area contributed by atoms with Crippen molar-refractivity contribution in [2.24, 2.45) is 0 Å². The number of hydrogen-bond acceptors (Lipinski definition) is 3. The number of carbonyl (C=O) groups excluding carboxylic acids is 2. The van der Waals surface area contributed by atoms with Gasteiger partial charge in [0.1, 0.15) is 18.1 Å². The zero-order valence-electron chi connectivity index (χ0n) is 17.1. The number of benzene rings is 2. The monoisotopic (exact) mass is 408 g/mol. The SMILES string of the molecule is CC(C)N(CC(=O)N(Cc1ccccc1)Cc1ccco1)C(=O)c1ccccc1F. The van der Waals surface area contributed by atoms with Crippen molar-refractivity contribution in [3.8, 4) is 0 Å². The van der Waals surface area contributed by atoms with E-state index in [1.54, 1.807) is 43.2 Å². The molecule has 30 heavy (non-hydrogen) atoms. The topological polar surface area (TPSA) is 53.8 Å². The van der Waals surface area contributed by atoms with Crippen LogP contribution in [0.5, 0.6) is 0 Å². The smallest absolute Gasteiger partial charge is 0.257 e. The number of rotatable bonds is 8. The molecule has 6 heteroatoms. The molecule has 0 aliphatic rings. The lowest BCUT2D eigenvalue weighted by atomic mass is 10.1. The average Bonchev–Trinajstić information content (AvgIpc) is 3.25. The van der Waals surface area contributed by atoms with Gasteiger partial charge in [-0.3, -0.25) is 9.59 Å². The van der Waals surface area contributed by atoms with Gasteiger partial charge in [0.15, 0.2) is 0 Å². The van der Waals surface area contributed by atoms with Crippen molar-refractivity contribution in [2.75, 3.05) is 6.54 Å². The highest BCUT2D eigenvalue weighted by Crippen LogP contribution is 2.15. The quantitative estimate of drug-likeness (QED) is 0.552. The molecule has 0 N–H and O–H groups in total. The maximum Gasteiger partial charge on any atom is 0.257 e. The first kappa shape index (κ1) is 21.3. The van der Waals surface area contributed by atoms with Gasteiger partial charge in [0.25, 0.3) is 5.91 Å². The summed E-state index contributed by atoms with van der Waals surface area (Å²) in [6, 6.07) is 18.7. The molecule has 156 valence electrons. The summed E-state index contributed by atoms with van der Waals surface area (Å²) in [5.41, 5.74) is 0.925. The van der Waals surface area contributed by atoms with Gasteiger partial charge in [0, 0.05) is 12.6 Å². The van der Waals surface area contributed by atoms with E-state index in [2.05, 4.69) is 0 Å². The van der Waals surface area contributed by atoms with Crippen LogP contribution < -0.4 is 0 Å². The van der Waals surface area contributed by atoms with E-state index in [0.29, 0.717) is 12.3 Å². The van der Waals surface area contributed by atoms with Gasteiger partial charge in [0.05, 0.1) is 18.4 Å². The molecule has 0 fully saturated rings. The molecular formula is C24H25FN2O3. The molecule has 0 spiro atoms. The molecule has 5 nitrogen and oxygen atoms in total. The number of furan rings is 1. The zero-order valence-corrected chi connectivity index (χ0v) is 17.1. The molecule has 0 saturated heterocycles. The lowest BCUT2D eigenvalue weighted by Gasteiger charge is -2.30. The fourth-order valence-electron chi connectivity index (χ4n) is 3.15. The van der Waals surface area contributed by atoms with E-state index in [0.717, 1.165) is 5.56 Å². The second kappa shape index (κ2) is 9.87. The lowest BCUT2D eigenvalue weighted by Crippen LogP contribution is -2.45. The predicted molar refractivity (Wildman–Crippen MR) is 112 cm³/mol. The minimum Gasteiger partial charge on any atom is -0.467 e. The Morgan fingerprint density at radius 3 is 2.27 bits per heavy atom. The Morgan fingerprint density at radius 1 is 0.933 bits per heavy atom. The first-order valence-corrected chi connectivity index (χ1v) is 9.85. The number of amides is 2. The van der Waals surface area contributed by atoms with E-state index < -0.39 is 11.7 Å². The molecule has 3 rings (SSSR count). The van der Waals surface area contributed by atoms with Gasteiger partial charge in [0.2, 0.25) is 5.91 Å². The average molecular weight is 408 g/mol. The summed E-state index contributed by atoms with van der Waals surface area (Å²) in [7, 11) is 0. The van der Waals surface area contributed by atoms with Crippen LogP contribution in [0, 0.1) is 5.82 Å². The largest absolute Gasteiger partial charge is 0.467 e. The summed E-state index contributed by atoms with van der Waals surface area (Å²) in [6.45, 7) is 4.11. The first-order valence-electron chi connectivity index (χ1n) is 9.85. The van der Waals surface area contributed by atoms with Crippen LogP contribution in [0.1, 0.15) is 35.5 Å². The standard InChI is InChI=1S/C24H25FN2O3/c1-18(2)27(24(29)21-12-6-7-13-22(21)25)17-23(28)26(16-20-11-8-14-30-20)15-19-9-4-3-5-10-19/h3-14,18H,15-17H2,1-2H3. The Hall–Kier alpha value is -3.41. The molecule has 0 bridgehead atoms. The maximum atomic E-state index is 14.1. The highest BCUT2D eigenvalue weighted by atomic mass is 19.1. The summed E-state index contributed by atoms with van der Waals surface area (Å²) in [4.78, 5) is 29.2. The minimum atomic E-state index is -0.600. The molecule has 1 aromatic heterocycles. The number of hydrogen-bond donors (Lipinski definition) is 0. The molecule has 0 atom stereocenters. The molecule has 0 saturated carbocycles. The van der Waals surface area contributed by atoms with Gasteiger partial charge in [-0.25, -0.2) is 4.39 Å². The third-order valence-corrected chi connectivity index (χ3v) is 4.79. The van der Waals surface area contributed by atoms with Gasteiger partial charge in [-0.1, -0.05) is 42.5 Å².